The van der Waals surface area contributed by atoms with Crippen molar-refractivity contribution < 1.29 is 4.74 Å². The van der Waals surface area contributed by atoms with Crippen LogP contribution in [-0.2, 0) is 4.74 Å². The van der Waals surface area contributed by atoms with Crippen LogP contribution in [0, 0.1) is 0 Å². The molecule has 0 aliphatic carbocycles. The van der Waals surface area contributed by atoms with Gasteiger partial charge in [0, 0.05) is 17.5 Å². The van der Waals surface area contributed by atoms with Gasteiger partial charge >= 0.3 is 0 Å². The average Bonchev–Trinajstić information content (AvgIpc) is 3.05. The van der Waals surface area contributed by atoms with Crippen LogP contribution in [0.2, 0.25) is 0 Å². The number of piperidine rings is 2. The standard InChI is InChI=1S/C21H27N3O/c1-23-18-3-2-4-19(23)13-20(12-18)24-21-6-5-16(11-17(21)14-22-24)15-7-9-25-10-8-15/h5-7,11,14,18-20H,2-4,8-10,12-13H2,1H3. The van der Waals surface area contributed by atoms with Crippen molar-refractivity contribution in [2.75, 3.05) is 20.3 Å². The molecule has 2 fully saturated rings. The highest BCUT2D eigenvalue weighted by molar-refractivity contribution is 5.83. The molecule has 0 N–H and O–H groups in total. The van der Waals surface area contributed by atoms with Crippen molar-refractivity contribution in [1.82, 2.24) is 14.7 Å². The van der Waals surface area contributed by atoms with E-state index in [1.54, 1.807) is 0 Å². The molecule has 132 valence electrons. The van der Waals surface area contributed by atoms with Crippen LogP contribution in [0.4, 0.5) is 0 Å². The molecule has 0 amide bonds. The summed E-state index contributed by atoms with van der Waals surface area (Å²) in [4.78, 5) is 2.63. The molecule has 25 heavy (non-hydrogen) atoms. The van der Waals surface area contributed by atoms with Crippen LogP contribution < -0.4 is 0 Å². The van der Waals surface area contributed by atoms with Gasteiger partial charge in [-0.3, -0.25) is 4.68 Å². The largest absolute Gasteiger partial charge is 0.377 e. The first kappa shape index (κ1) is 15.6. The Balaban J connectivity index is 1.45. The van der Waals surface area contributed by atoms with Gasteiger partial charge < -0.3 is 9.64 Å². The normalized spacial score (nSPS) is 30.4. The molecule has 0 radical (unpaired) electrons. The minimum absolute atomic E-state index is 0.553. The molecule has 2 aromatic rings. The fourth-order valence-electron chi connectivity index (χ4n) is 5.12. The molecular weight excluding hydrogens is 310 g/mol. The van der Waals surface area contributed by atoms with E-state index in [1.807, 2.05) is 0 Å². The maximum Gasteiger partial charge on any atom is 0.0686 e. The first-order chi connectivity index (χ1) is 12.3. The summed E-state index contributed by atoms with van der Waals surface area (Å²) >= 11 is 0. The number of rotatable bonds is 2. The van der Waals surface area contributed by atoms with Gasteiger partial charge in [-0.05, 0) is 62.4 Å². The summed E-state index contributed by atoms with van der Waals surface area (Å²) in [5.74, 6) is 0. The summed E-state index contributed by atoms with van der Waals surface area (Å²) in [6, 6.07) is 8.89. The molecule has 0 spiro atoms. The minimum Gasteiger partial charge on any atom is -0.377 e. The Morgan fingerprint density at radius 1 is 1.12 bits per heavy atom. The van der Waals surface area contributed by atoms with Gasteiger partial charge in [-0.2, -0.15) is 5.10 Å². The Bertz CT molecular complexity index is 795. The van der Waals surface area contributed by atoms with Crippen LogP contribution in [0.25, 0.3) is 16.5 Å². The molecule has 3 aliphatic heterocycles. The molecule has 1 aromatic carbocycles. The van der Waals surface area contributed by atoms with Gasteiger partial charge in [-0.15, -0.1) is 0 Å². The molecule has 3 aliphatic rings. The van der Waals surface area contributed by atoms with Crippen molar-refractivity contribution in [3.63, 3.8) is 0 Å². The maximum atomic E-state index is 5.44. The molecule has 4 nitrogen and oxygen atoms in total. The van der Waals surface area contributed by atoms with E-state index < -0.39 is 0 Å². The zero-order valence-electron chi connectivity index (χ0n) is 15.0. The number of aromatic nitrogens is 2. The van der Waals surface area contributed by atoms with Crippen LogP contribution in [0.5, 0.6) is 0 Å². The Kier molecular flexibility index (Phi) is 3.90. The zero-order chi connectivity index (χ0) is 16.8. The molecule has 2 atom stereocenters. The average molecular weight is 337 g/mol. The molecular formula is C21H27N3O. The van der Waals surface area contributed by atoms with Gasteiger partial charge in [-0.1, -0.05) is 18.6 Å². The van der Waals surface area contributed by atoms with E-state index in [9.17, 15) is 0 Å². The van der Waals surface area contributed by atoms with Crippen molar-refractivity contribution in [3.05, 3.63) is 36.0 Å². The van der Waals surface area contributed by atoms with E-state index in [1.165, 1.54) is 54.1 Å². The monoisotopic (exact) mass is 337 g/mol. The fourth-order valence-corrected chi connectivity index (χ4v) is 5.12. The summed E-state index contributed by atoms with van der Waals surface area (Å²) in [5, 5.41) is 6.08. The van der Waals surface area contributed by atoms with Gasteiger partial charge in [0.2, 0.25) is 0 Å². The lowest BCUT2D eigenvalue weighted by Gasteiger charge is -2.47. The number of hydrogen-bond donors (Lipinski definition) is 0. The Morgan fingerprint density at radius 2 is 1.96 bits per heavy atom. The Labute approximate surface area is 149 Å². The molecule has 4 heterocycles. The topological polar surface area (TPSA) is 30.3 Å². The first-order valence-corrected chi connectivity index (χ1v) is 9.76. The molecule has 5 rings (SSSR count). The summed E-state index contributed by atoms with van der Waals surface area (Å²) in [6.45, 7) is 1.58. The lowest BCUT2D eigenvalue weighted by atomic mass is 9.82. The van der Waals surface area contributed by atoms with Gasteiger partial charge in [0.15, 0.2) is 0 Å². The van der Waals surface area contributed by atoms with Crippen LogP contribution >= 0.6 is 0 Å². The number of ether oxygens (including phenoxy) is 1. The lowest BCUT2D eigenvalue weighted by molar-refractivity contribution is 0.0380. The van der Waals surface area contributed by atoms with Gasteiger partial charge in [0.1, 0.15) is 0 Å². The fraction of sp³-hybridized carbons (Fsp3) is 0.571. The summed E-state index contributed by atoms with van der Waals surface area (Å²) in [5.41, 5.74) is 4.04. The third-order valence-corrected chi connectivity index (χ3v) is 6.59. The van der Waals surface area contributed by atoms with E-state index in [-0.39, 0.29) is 0 Å². The summed E-state index contributed by atoms with van der Waals surface area (Å²) in [6.07, 6.45) is 11.9. The number of fused-ring (bicyclic) bond motifs is 3. The molecule has 2 unspecified atom stereocenters. The van der Waals surface area contributed by atoms with E-state index in [4.69, 9.17) is 9.84 Å². The van der Waals surface area contributed by atoms with Crippen molar-refractivity contribution >= 4 is 16.5 Å². The highest BCUT2D eigenvalue weighted by Gasteiger charge is 2.37. The third kappa shape index (κ3) is 2.72. The molecule has 0 saturated carbocycles. The Morgan fingerprint density at radius 3 is 2.72 bits per heavy atom. The molecule has 4 heteroatoms. The Hall–Kier alpha value is -1.65. The van der Waals surface area contributed by atoms with Gasteiger partial charge in [0.05, 0.1) is 31.0 Å². The van der Waals surface area contributed by atoms with Crippen LogP contribution in [-0.4, -0.2) is 47.0 Å². The predicted octanol–water partition coefficient (Wildman–Crippen LogP) is 4.03. The van der Waals surface area contributed by atoms with Crippen LogP contribution in [0.15, 0.2) is 30.5 Å². The van der Waals surface area contributed by atoms with Crippen molar-refractivity contribution in [1.29, 1.82) is 0 Å². The van der Waals surface area contributed by atoms with Crippen molar-refractivity contribution in [3.8, 4) is 0 Å². The van der Waals surface area contributed by atoms with Gasteiger partial charge in [-0.25, -0.2) is 0 Å². The first-order valence-electron chi connectivity index (χ1n) is 9.76. The second-order valence-electron chi connectivity index (χ2n) is 7.95. The predicted molar refractivity (Wildman–Crippen MR) is 101 cm³/mol. The van der Waals surface area contributed by atoms with E-state index in [0.29, 0.717) is 6.04 Å². The van der Waals surface area contributed by atoms with Crippen molar-refractivity contribution in [2.45, 2.75) is 56.7 Å². The zero-order valence-corrected chi connectivity index (χ0v) is 15.0. The van der Waals surface area contributed by atoms with E-state index in [2.05, 4.69) is 47.1 Å². The number of benzene rings is 1. The summed E-state index contributed by atoms with van der Waals surface area (Å²) in [7, 11) is 2.32. The quantitative estimate of drug-likeness (QED) is 0.829. The number of hydrogen-bond acceptors (Lipinski definition) is 3. The number of nitrogens with zero attached hydrogens (tertiary/aromatic N) is 3. The van der Waals surface area contributed by atoms with E-state index in [0.717, 1.165) is 31.7 Å². The minimum atomic E-state index is 0.553. The van der Waals surface area contributed by atoms with Crippen molar-refractivity contribution in [2.24, 2.45) is 0 Å². The lowest BCUT2D eigenvalue weighted by Crippen LogP contribution is -2.50. The SMILES string of the molecule is CN1C2CCCC1CC(n1ncc3cc(C4=CCOCC4)ccc31)C2. The summed E-state index contributed by atoms with van der Waals surface area (Å²) < 4.78 is 7.76. The molecule has 2 bridgehead atoms. The van der Waals surface area contributed by atoms with E-state index >= 15 is 0 Å². The molecule has 1 aromatic heterocycles. The second-order valence-corrected chi connectivity index (χ2v) is 7.95. The highest BCUT2D eigenvalue weighted by Crippen LogP contribution is 2.39. The second kappa shape index (κ2) is 6.26. The highest BCUT2D eigenvalue weighted by atomic mass is 16.5. The smallest absolute Gasteiger partial charge is 0.0686 e. The molecule has 2 saturated heterocycles. The maximum absolute atomic E-state index is 5.44. The van der Waals surface area contributed by atoms with Crippen LogP contribution in [0.3, 0.4) is 0 Å². The van der Waals surface area contributed by atoms with Crippen LogP contribution in [0.1, 0.15) is 50.1 Å². The van der Waals surface area contributed by atoms with Gasteiger partial charge in [0.25, 0.3) is 0 Å². The third-order valence-electron chi connectivity index (χ3n) is 6.59.